The van der Waals surface area contributed by atoms with Gasteiger partial charge in [-0.3, -0.25) is 15.2 Å². The van der Waals surface area contributed by atoms with Gasteiger partial charge in [0.15, 0.2) is 5.75 Å². The lowest BCUT2D eigenvalue weighted by Gasteiger charge is -1.99. The maximum absolute atomic E-state index is 10.5. The van der Waals surface area contributed by atoms with Gasteiger partial charge in [-0.05, 0) is 6.92 Å². The minimum Gasteiger partial charge on any atom is -0.502 e. The molecule has 0 bridgehead atoms. The summed E-state index contributed by atoms with van der Waals surface area (Å²) in [6.07, 6.45) is 0. The third-order valence-corrected chi connectivity index (χ3v) is 2.01. The molecule has 1 aromatic heterocycles. The molecule has 0 radical (unpaired) electrons. The van der Waals surface area contributed by atoms with Crippen molar-refractivity contribution in [3.05, 3.63) is 21.7 Å². The molecule has 7 nitrogen and oxygen atoms in total. The predicted octanol–water partition coefficient (Wildman–Crippen LogP) is 0.880. The average molecular weight is 194 g/mol. The number of fused-ring (bicyclic) bond motifs is 1. The van der Waals surface area contributed by atoms with Gasteiger partial charge in [-0.2, -0.15) is 0 Å². The van der Waals surface area contributed by atoms with E-state index in [1.54, 1.807) is 6.92 Å². The summed E-state index contributed by atoms with van der Waals surface area (Å²) in [6, 6.07) is 1.21. The molecule has 7 heteroatoms. The van der Waals surface area contributed by atoms with E-state index in [4.69, 9.17) is 0 Å². The fraction of sp³-hybridized carbons (Fsp3) is 0.143. The zero-order valence-corrected chi connectivity index (χ0v) is 7.18. The summed E-state index contributed by atoms with van der Waals surface area (Å²) in [5.74, 6) is -0.364. The number of nitro groups is 1. The predicted molar refractivity (Wildman–Crippen MR) is 46.9 cm³/mol. The number of aromatic nitrogens is 3. The number of nitrogens with one attached hydrogen (secondary N) is 1. The van der Waals surface area contributed by atoms with E-state index < -0.39 is 4.92 Å². The van der Waals surface area contributed by atoms with Crippen molar-refractivity contribution in [1.82, 2.24) is 15.4 Å². The molecular formula is C7H6N4O3. The highest BCUT2D eigenvalue weighted by molar-refractivity contribution is 5.83. The third kappa shape index (κ3) is 0.987. The molecule has 0 aliphatic rings. The lowest BCUT2D eigenvalue weighted by atomic mass is 10.1. The molecule has 0 saturated heterocycles. The van der Waals surface area contributed by atoms with Gasteiger partial charge in [0.1, 0.15) is 5.52 Å². The standard InChI is InChI=1S/C7H6N4O3/c1-3-6-4(8-10-9-6)2-5(7(3)12)11(13)14/h2,12H,1H3,(H,8,9,10). The van der Waals surface area contributed by atoms with E-state index in [0.717, 1.165) is 0 Å². The summed E-state index contributed by atoms with van der Waals surface area (Å²) in [5.41, 5.74) is 0.879. The number of aromatic amines is 1. The molecule has 0 saturated carbocycles. The van der Waals surface area contributed by atoms with Crippen LogP contribution in [0, 0.1) is 17.0 Å². The van der Waals surface area contributed by atoms with Gasteiger partial charge in [0.2, 0.25) is 0 Å². The lowest BCUT2D eigenvalue weighted by molar-refractivity contribution is -0.385. The summed E-state index contributed by atoms with van der Waals surface area (Å²) >= 11 is 0. The van der Waals surface area contributed by atoms with Crippen LogP contribution in [0.25, 0.3) is 11.0 Å². The van der Waals surface area contributed by atoms with Crippen LogP contribution in [0.5, 0.6) is 5.75 Å². The number of benzene rings is 1. The van der Waals surface area contributed by atoms with E-state index in [0.29, 0.717) is 16.6 Å². The molecule has 2 N–H and O–H groups in total. The summed E-state index contributed by atoms with van der Waals surface area (Å²) in [6.45, 7) is 1.55. The molecule has 0 fully saturated rings. The van der Waals surface area contributed by atoms with Crippen molar-refractivity contribution >= 4 is 16.7 Å². The molecule has 0 aliphatic carbocycles. The largest absolute Gasteiger partial charge is 0.502 e. The Morgan fingerprint density at radius 1 is 1.64 bits per heavy atom. The van der Waals surface area contributed by atoms with Crippen LogP contribution < -0.4 is 0 Å². The Kier molecular flexibility index (Phi) is 1.60. The highest BCUT2D eigenvalue weighted by atomic mass is 16.6. The van der Waals surface area contributed by atoms with Gasteiger partial charge in [-0.25, -0.2) is 0 Å². The SMILES string of the molecule is Cc1c(O)c([N+](=O)[O-])cc2[nH]nnc12. The van der Waals surface area contributed by atoms with Crippen LogP contribution in [0.1, 0.15) is 5.56 Å². The number of phenolic OH excluding ortho intramolecular Hbond substituents is 1. The molecule has 0 atom stereocenters. The number of phenols is 1. The Morgan fingerprint density at radius 2 is 2.36 bits per heavy atom. The summed E-state index contributed by atoms with van der Waals surface area (Å²) in [7, 11) is 0. The van der Waals surface area contributed by atoms with E-state index in [1.807, 2.05) is 0 Å². The zero-order valence-electron chi connectivity index (χ0n) is 7.18. The van der Waals surface area contributed by atoms with Gasteiger partial charge in [-0.15, -0.1) is 5.10 Å². The quantitative estimate of drug-likeness (QED) is 0.517. The number of nitrogens with zero attached hydrogens (tertiary/aromatic N) is 3. The minimum absolute atomic E-state index is 0.346. The van der Waals surface area contributed by atoms with Crippen LogP contribution in [0.2, 0.25) is 0 Å². The number of hydrogen-bond acceptors (Lipinski definition) is 5. The van der Waals surface area contributed by atoms with E-state index in [2.05, 4.69) is 15.4 Å². The molecule has 2 rings (SSSR count). The van der Waals surface area contributed by atoms with Crippen LogP contribution in [0.4, 0.5) is 5.69 Å². The summed E-state index contributed by atoms with van der Waals surface area (Å²) < 4.78 is 0. The Balaban J connectivity index is 2.87. The maximum Gasteiger partial charge on any atom is 0.313 e. The number of aromatic hydroxyl groups is 1. The highest BCUT2D eigenvalue weighted by Gasteiger charge is 2.19. The topological polar surface area (TPSA) is 105 Å². The number of nitro benzene ring substituents is 1. The lowest BCUT2D eigenvalue weighted by Crippen LogP contribution is -1.91. The van der Waals surface area contributed by atoms with E-state index in [1.165, 1.54) is 6.07 Å². The molecule has 0 spiro atoms. The van der Waals surface area contributed by atoms with Gasteiger partial charge in [0.25, 0.3) is 0 Å². The number of hydrogen-bond donors (Lipinski definition) is 2. The average Bonchev–Trinajstić information content (AvgIpc) is 2.58. The molecule has 0 unspecified atom stereocenters. The van der Waals surface area contributed by atoms with Crippen molar-refractivity contribution < 1.29 is 10.0 Å². The summed E-state index contributed by atoms with van der Waals surface area (Å²) in [4.78, 5) is 9.88. The molecule has 72 valence electrons. The molecule has 0 amide bonds. The van der Waals surface area contributed by atoms with Gasteiger partial charge >= 0.3 is 5.69 Å². The van der Waals surface area contributed by atoms with E-state index in [9.17, 15) is 15.2 Å². The number of H-pyrrole nitrogens is 1. The fourth-order valence-corrected chi connectivity index (χ4v) is 1.26. The Hall–Kier alpha value is -2.18. The van der Waals surface area contributed by atoms with Crippen molar-refractivity contribution in [2.75, 3.05) is 0 Å². The van der Waals surface area contributed by atoms with Crippen molar-refractivity contribution in [3.8, 4) is 5.75 Å². The normalized spacial score (nSPS) is 10.6. The second kappa shape index (κ2) is 2.66. The summed E-state index contributed by atoms with van der Waals surface area (Å²) in [5, 5.41) is 29.7. The van der Waals surface area contributed by atoms with Gasteiger partial charge in [-0.1, -0.05) is 5.21 Å². The van der Waals surface area contributed by atoms with E-state index in [-0.39, 0.29) is 11.4 Å². The molecule has 2 aromatic rings. The van der Waals surface area contributed by atoms with Crippen LogP contribution >= 0.6 is 0 Å². The van der Waals surface area contributed by atoms with Crippen LogP contribution in [0.3, 0.4) is 0 Å². The first-order valence-corrected chi connectivity index (χ1v) is 3.79. The Morgan fingerprint density at radius 3 is 3.00 bits per heavy atom. The van der Waals surface area contributed by atoms with Gasteiger partial charge < -0.3 is 5.11 Å². The third-order valence-electron chi connectivity index (χ3n) is 2.01. The van der Waals surface area contributed by atoms with Crippen molar-refractivity contribution in [2.45, 2.75) is 6.92 Å². The first-order chi connectivity index (χ1) is 6.61. The first-order valence-electron chi connectivity index (χ1n) is 3.79. The van der Waals surface area contributed by atoms with Gasteiger partial charge in [0.05, 0.1) is 10.4 Å². The second-order valence-electron chi connectivity index (χ2n) is 2.83. The molecule has 1 aromatic carbocycles. The Bertz CT molecular complexity index is 519. The monoisotopic (exact) mass is 194 g/mol. The first kappa shape index (κ1) is 8.42. The Labute approximate surface area is 77.5 Å². The van der Waals surface area contributed by atoms with Crippen LogP contribution in [0.15, 0.2) is 6.07 Å². The fourth-order valence-electron chi connectivity index (χ4n) is 1.26. The molecule has 14 heavy (non-hydrogen) atoms. The van der Waals surface area contributed by atoms with Gasteiger partial charge in [0, 0.05) is 11.6 Å². The number of aryl methyl sites for hydroxylation is 1. The molecule has 0 aliphatic heterocycles. The van der Waals surface area contributed by atoms with Crippen molar-refractivity contribution in [2.24, 2.45) is 0 Å². The van der Waals surface area contributed by atoms with Crippen LogP contribution in [-0.2, 0) is 0 Å². The van der Waals surface area contributed by atoms with Crippen LogP contribution in [-0.4, -0.2) is 25.4 Å². The van der Waals surface area contributed by atoms with Crippen molar-refractivity contribution in [1.29, 1.82) is 0 Å². The number of rotatable bonds is 1. The van der Waals surface area contributed by atoms with E-state index >= 15 is 0 Å². The molecule has 1 heterocycles. The zero-order chi connectivity index (χ0) is 10.3. The minimum atomic E-state index is -0.650. The highest BCUT2D eigenvalue weighted by Crippen LogP contribution is 2.33. The second-order valence-corrected chi connectivity index (χ2v) is 2.83. The molecular weight excluding hydrogens is 188 g/mol. The smallest absolute Gasteiger partial charge is 0.313 e. The van der Waals surface area contributed by atoms with Crippen molar-refractivity contribution in [3.63, 3.8) is 0 Å². The maximum atomic E-state index is 10.5.